The molecule has 20 heavy (non-hydrogen) atoms. The molecule has 0 saturated heterocycles. The number of pyridine rings is 1. The summed E-state index contributed by atoms with van der Waals surface area (Å²) in [7, 11) is 0. The van der Waals surface area contributed by atoms with Crippen molar-refractivity contribution in [3.8, 4) is 11.1 Å². The molecule has 0 fully saturated rings. The lowest BCUT2D eigenvalue weighted by Crippen LogP contribution is -1.98. The van der Waals surface area contributed by atoms with E-state index in [4.69, 9.17) is 0 Å². The molecule has 2 aromatic heterocycles. The molecular formula is C14H9F3N2S. The fraction of sp³-hybridized carbons (Fsp3) is 0.0714. The Labute approximate surface area is 117 Å². The fourth-order valence-electron chi connectivity index (χ4n) is 2.05. The van der Waals surface area contributed by atoms with E-state index in [-0.39, 0.29) is 16.7 Å². The van der Waals surface area contributed by atoms with Crippen LogP contribution in [0.1, 0.15) is 0 Å². The Kier molecular flexibility index (Phi) is 3.17. The predicted octanol–water partition coefficient (Wildman–Crippen LogP) is 4.84. The highest BCUT2D eigenvalue weighted by Crippen LogP contribution is 2.37. The van der Waals surface area contributed by atoms with Gasteiger partial charge in [-0.3, -0.25) is 0 Å². The highest BCUT2D eigenvalue weighted by Gasteiger charge is 2.29. The first-order valence-electron chi connectivity index (χ1n) is 5.81. The van der Waals surface area contributed by atoms with Crippen molar-refractivity contribution in [2.45, 2.75) is 10.4 Å². The first-order valence-corrected chi connectivity index (χ1v) is 6.63. The van der Waals surface area contributed by atoms with E-state index in [2.05, 4.69) is 9.97 Å². The molecule has 0 atom stereocenters. The smallest absolute Gasteiger partial charge is 0.346 e. The van der Waals surface area contributed by atoms with Gasteiger partial charge in [0.2, 0.25) is 0 Å². The van der Waals surface area contributed by atoms with Gasteiger partial charge in [-0.2, -0.15) is 13.2 Å². The molecule has 0 saturated carbocycles. The summed E-state index contributed by atoms with van der Waals surface area (Å²) in [5.74, 6) is 0. The Balaban J connectivity index is 1.97. The summed E-state index contributed by atoms with van der Waals surface area (Å²) in [6, 6.07) is 10.1. The van der Waals surface area contributed by atoms with Crippen molar-refractivity contribution < 1.29 is 13.2 Å². The molecule has 6 heteroatoms. The van der Waals surface area contributed by atoms with Crippen LogP contribution in [0.25, 0.3) is 22.2 Å². The largest absolute Gasteiger partial charge is 0.446 e. The van der Waals surface area contributed by atoms with E-state index >= 15 is 0 Å². The van der Waals surface area contributed by atoms with Crippen LogP contribution in [0, 0.1) is 0 Å². The molecule has 102 valence electrons. The SMILES string of the molecule is FC(F)(F)Sc1ccc(-c2ccnc3[nH]ccc23)cc1. The van der Waals surface area contributed by atoms with Crippen molar-refractivity contribution in [1.82, 2.24) is 9.97 Å². The lowest BCUT2D eigenvalue weighted by Gasteiger charge is -2.07. The second-order valence-corrected chi connectivity index (χ2v) is 5.31. The quantitative estimate of drug-likeness (QED) is 0.685. The second-order valence-electron chi connectivity index (χ2n) is 4.17. The molecule has 0 aliphatic heterocycles. The van der Waals surface area contributed by atoms with Crippen LogP contribution in [0.5, 0.6) is 0 Å². The number of benzene rings is 1. The molecule has 0 unspecified atom stereocenters. The lowest BCUT2D eigenvalue weighted by atomic mass is 10.0. The number of halogens is 3. The minimum atomic E-state index is -4.26. The van der Waals surface area contributed by atoms with Crippen LogP contribution in [-0.4, -0.2) is 15.5 Å². The van der Waals surface area contributed by atoms with Gasteiger partial charge in [0.1, 0.15) is 5.65 Å². The van der Waals surface area contributed by atoms with Gasteiger partial charge < -0.3 is 4.98 Å². The van der Waals surface area contributed by atoms with Crippen LogP contribution in [0.4, 0.5) is 13.2 Å². The summed E-state index contributed by atoms with van der Waals surface area (Å²) in [5.41, 5.74) is -1.69. The second kappa shape index (κ2) is 4.86. The minimum absolute atomic E-state index is 0.109. The molecule has 0 aliphatic rings. The van der Waals surface area contributed by atoms with Crippen LogP contribution in [-0.2, 0) is 0 Å². The molecule has 0 aliphatic carbocycles. The summed E-state index contributed by atoms with van der Waals surface area (Å²) in [6.45, 7) is 0. The third kappa shape index (κ3) is 2.65. The van der Waals surface area contributed by atoms with Gasteiger partial charge in [-0.05, 0) is 47.2 Å². The first kappa shape index (κ1) is 13.1. The van der Waals surface area contributed by atoms with Gasteiger partial charge in [0, 0.05) is 22.7 Å². The average Bonchev–Trinajstić information content (AvgIpc) is 2.86. The van der Waals surface area contributed by atoms with Gasteiger partial charge >= 0.3 is 5.51 Å². The molecule has 3 aromatic rings. The number of thioether (sulfide) groups is 1. The van der Waals surface area contributed by atoms with Gasteiger partial charge in [0.15, 0.2) is 0 Å². The number of aromatic amines is 1. The van der Waals surface area contributed by atoms with Crippen LogP contribution in [0.2, 0.25) is 0 Å². The highest BCUT2D eigenvalue weighted by atomic mass is 32.2. The predicted molar refractivity (Wildman–Crippen MR) is 73.4 cm³/mol. The normalized spacial score (nSPS) is 11.9. The number of alkyl halides is 3. The van der Waals surface area contributed by atoms with Crippen LogP contribution in [0.15, 0.2) is 53.7 Å². The van der Waals surface area contributed by atoms with E-state index in [0.717, 1.165) is 22.2 Å². The molecule has 0 amide bonds. The fourth-order valence-corrected chi connectivity index (χ4v) is 2.59. The molecule has 0 spiro atoms. The lowest BCUT2D eigenvalue weighted by molar-refractivity contribution is -0.0328. The number of aromatic nitrogens is 2. The van der Waals surface area contributed by atoms with E-state index < -0.39 is 5.51 Å². The molecular weight excluding hydrogens is 285 g/mol. The van der Waals surface area contributed by atoms with Gasteiger partial charge in [0.05, 0.1) is 0 Å². The topological polar surface area (TPSA) is 28.7 Å². The monoisotopic (exact) mass is 294 g/mol. The van der Waals surface area contributed by atoms with E-state index in [1.165, 1.54) is 12.1 Å². The zero-order chi connectivity index (χ0) is 14.2. The van der Waals surface area contributed by atoms with E-state index in [0.29, 0.717) is 0 Å². The molecule has 2 nitrogen and oxygen atoms in total. The Morgan fingerprint density at radius 2 is 1.75 bits per heavy atom. The van der Waals surface area contributed by atoms with Gasteiger partial charge in [-0.25, -0.2) is 4.98 Å². The van der Waals surface area contributed by atoms with Gasteiger partial charge in [-0.15, -0.1) is 0 Å². The van der Waals surface area contributed by atoms with Crippen LogP contribution >= 0.6 is 11.8 Å². The maximum atomic E-state index is 12.3. The Morgan fingerprint density at radius 1 is 1.00 bits per heavy atom. The number of rotatable bonds is 2. The Morgan fingerprint density at radius 3 is 2.45 bits per heavy atom. The standard InChI is InChI=1S/C14H9F3N2S/c15-14(16,17)20-10-3-1-9(2-4-10)11-5-7-18-13-12(11)6-8-19-13/h1-8H,(H,18,19). The first-order chi connectivity index (χ1) is 9.53. The summed E-state index contributed by atoms with van der Waals surface area (Å²) in [4.78, 5) is 7.37. The third-order valence-corrected chi connectivity index (χ3v) is 3.60. The Hall–Kier alpha value is -1.95. The molecule has 0 radical (unpaired) electrons. The van der Waals surface area contributed by atoms with Crippen molar-refractivity contribution in [1.29, 1.82) is 0 Å². The summed E-state index contributed by atoms with van der Waals surface area (Å²) in [5, 5.41) is 0.948. The molecule has 3 rings (SSSR count). The minimum Gasteiger partial charge on any atom is -0.346 e. The molecule has 2 heterocycles. The van der Waals surface area contributed by atoms with Crippen LogP contribution < -0.4 is 0 Å². The van der Waals surface area contributed by atoms with Gasteiger partial charge in [0.25, 0.3) is 0 Å². The van der Waals surface area contributed by atoms with Crippen molar-refractivity contribution in [3.05, 3.63) is 48.8 Å². The zero-order valence-corrected chi connectivity index (χ0v) is 10.9. The summed E-state index contributed by atoms with van der Waals surface area (Å²) < 4.78 is 36.8. The summed E-state index contributed by atoms with van der Waals surface area (Å²) >= 11 is -0.109. The molecule has 1 N–H and O–H groups in total. The van der Waals surface area contributed by atoms with Gasteiger partial charge in [-0.1, -0.05) is 12.1 Å². The van der Waals surface area contributed by atoms with Crippen molar-refractivity contribution >= 4 is 22.8 Å². The number of fused-ring (bicyclic) bond motifs is 1. The summed E-state index contributed by atoms with van der Waals surface area (Å²) in [6.07, 6.45) is 3.46. The van der Waals surface area contributed by atoms with Crippen molar-refractivity contribution in [2.75, 3.05) is 0 Å². The number of hydrogen-bond donors (Lipinski definition) is 1. The van der Waals surface area contributed by atoms with E-state index in [1.807, 2.05) is 12.1 Å². The van der Waals surface area contributed by atoms with E-state index in [9.17, 15) is 13.2 Å². The maximum absolute atomic E-state index is 12.3. The van der Waals surface area contributed by atoms with Crippen molar-refractivity contribution in [3.63, 3.8) is 0 Å². The Bertz CT molecular complexity index is 732. The third-order valence-electron chi connectivity index (χ3n) is 2.86. The average molecular weight is 294 g/mol. The number of nitrogens with zero attached hydrogens (tertiary/aromatic N) is 1. The van der Waals surface area contributed by atoms with E-state index in [1.54, 1.807) is 24.5 Å². The number of H-pyrrole nitrogens is 1. The van der Waals surface area contributed by atoms with Crippen molar-refractivity contribution in [2.24, 2.45) is 0 Å². The zero-order valence-electron chi connectivity index (χ0n) is 10.1. The highest BCUT2D eigenvalue weighted by molar-refractivity contribution is 8.00. The number of hydrogen-bond acceptors (Lipinski definition) is 2. The molecule has 0 bridgehead atoms. The maximum Gasteiger partial charge on any atom is 0.446 e. The van der Waals surface area contributed by atoms with Crippen LogP contribution in [0.3, 0.4) is 0 Å². The number of nitrogens with one attached hydrogen (secondary N) is 1. The molecule has 1 aromatic carbocycles.